The molecule has 0 spiro atoms. The second-order valence-corrected chi connectivity index (χ2v) is 6.24. The van der Waals surface area contributed by atoms with Gasteiger partial charge in [0.25, 0.3) is 0 Å². The first kappa shape index (κ1) is 15.3. The van der Waals surface area contributed by atoms with Crippen LogP contribution in [-0.2, 0) is 16.1 Å². The van der Waals surface area contributed by atoms with Crippen LogP contribution in [0.3, 0.4) is 0 Å². The van der Waals surface area contributed by atoms with E-state index in [0.717, 1.165) is 18.5 Å². The molecule has 2 rings (SSSR count). The van der Waals surface area contributed by atoms with Crippen LogP contribution in [-0.4, -0.2) is 38.6 Å². The molecular formula is C14H22N4O3. The van der Waals surface area contributed by atoms with Gasteiger partial charge < -0.3 is 15.0 Å². The molecule has 7 nitrogen and oxygen atoms in total. The van der Waals surface area contributed by atoms with Gasteiger partial charge in [-0.05, 0) is 33.6 Å². The molecule has 21 heavy (non-hydrogen) atoms. The second-order valence-electron chi connectivity index (χ2n) is 6.24. The Balaban J connectivity index is 2.17. The maximum Gasteiger partial charge on any atom is 0.410 e. The van der Waals surface area contributed by atoms with Crippen LogP contribution in [0.5, 0.6) is 0 Å². The number of nitrogens with two attached hydrogens (primary N) is 1. The lowest BCUT2D eigenvalue weighted by atomic mass is 10.1. The first-order valence-electron chi connectivity index (χ1n) is 7.06. The Hall–Kier alpha value is -2.05. The molecule has 0 radical (unpaired) electrons. The Kier molecular flexibility index (Phi) is 4.20. The summed E-state index contributed by atoms with van der Waals surface area (Å²) in [5, 5.41) is 0. The third-order valence-electron chi connectivity index (χ3n) is 3.29. The zero-order chi connectivity index (χ0) is 15.6. The fraction of sp³-hybridized carbons (Fsp3) is 0.643. The van der Waals surface area contributed by atoms with Crippen LogP contribution in [0.4, 0.5) is 4.79 Å². The Bertz CT molecular complexity index is 533. The molecule has 1 aliphatic rings. The molecule has 0 saturated carbocycles. The van der Waals surface area contributed by atoms with Crippen molar-refractivity contribution in [2.75, 3.05) is 6.54 Å². The van der Waals surface area contributed by atoms with Gasteiger partial charge in [0.15, 0.2) is 0 Å². The summed E-state index contributed by atoms with van der Waals surface area (Å²) in [5.41, 5.74) is 5.52. The number of imidazole rings is 1. The molecule has 2 amide bonds. The Morgan fingerprint density at radius 1 is 1.48 bits per heavy atom. The SMILES string of the molecule is CC(C)(C)OC(=O)N1CCCC1c1cncn1CC(N)=O. The van der Waals surface area contributed by atoms with Gasteiger partial charge in [0, 0.05) is 6.54 Å². The lowest BCUT2D eigenvalue weighted by Crippen LogP contribution is -2.37. The fourth-order valence-corrected chi connectivity index (χ4v) is 2.52. The van der Waals surface area contributed by atoms with Gasteiger partial charge in [-0.25, -0.2) is 9.78 Å². The summed E-state index contributed by atoms with van der Waals surface area (Å²) < 4.78 is 7.13. The predicted octanol–water partition coefficient (Wildman–Crippen LogP) is 1.44. The van der Waals surface area contributed by atoms with Gasteiger partial charge in [0.1, 0.15) is 12.1 Å². The van der Waals surface area contributed by atoms with Crippen LogP contribution in [0, 0.1) is 0 Å². The molecule has 2 N–H and O–H groups in total. The molecule has 2 heterocycles. The Labute approximate surface area is 124 Å². The second kappa shape index (κ2) is 5.75. The number of aromatic nitrogens is 2. The Morgan fingerprint density at radius 2 is 2.19 bits per heavy atom. The molecule has 0 aliphatic carbocycles. The molecule has 1 saturated heterocycles. The summed E-state index contributed by atoms with van der Waals surface area (Å²) in [6.07, 6.45) is 4.62. The summed E-state index contributed by atoms with van der Waals surface area (Å²) in [4.78, 5) is 29.1. The largest absolute Gasteiger partial charge is 0.444 e. The van der Waals surface area contributed by atoms with E-state index in [1.807, 2.05) is 20.8 Å². The maximum atomic E-state index is 12.3. The van der Waals surface area contributed by atoms with Gasteiger partial charge in [-0.15, -0.1) is 0 Å². The van der Waals surface area contributed by atoms with Crippen LogP contribution in [0.2, 0.25) is 0 Å². The number of carbonyl (C=O) groups is 2. The summed E-state index contributed by atoms with van der Waals surface area (Å²) >= 11 is 0. The van der Waals surface area contributed by atoms with Gasteiger partial charge in [0.05, 0.1) is 24.3 Å². The lowest BCUT2D eigenvalue weighted by molar-refractivity contribution is -0.118. The summed E-state index contributed by atoms with van der Waals surface area (Å²) in [7, 11) is 0. The van der Waals surface area contributed by atoms with Crippen molar-refractivity contribution in [3.05, 3.63) is 18.2 Å². The summed E-state index contributed by atoms with van der Waals surface area (Å²) in [5.74, 6) is -0.434. The van der Waals surface area contributed by atoms with E-state index < -0.39 is 11.5 Å². The standard InChI is InChI=1S/C14H22N4O3/c1-14(2,3)21-13(20)18-6-4-5-10(18)11-7-16-9-17(11)8-12(15)19/h7,9-10H,4-6,8H2,1-3H3,(H2,15,19). The van der Waals surface area contributed by atoms with Crippen LogP contribution in [0.15, 0.2) is 12.5 Å². The minimum atomic E-state index is -0.530. The molecule has 1 aromatic heterocycles. The number of nitrogens with zero attached hydrogens (tertiary/aromatic N) is 3. The van der Waals surface area contributed by atoms with E-state index in [9.17, 15) is 9.59 Å². The molecular weight excluding hydrogens is 272 g/mol. The van der Waals surface area contributed by atoms with Crippen LogP contribution in [0.1, 0.15) is 45.3 Å². The van der Waals surface area contributed by atoms with Crippen molar-refractivity contribution < 1.29 is 14.3 Å². The predicted molar refractivity (Wildman–Crippen MR) is 76.3 cm³/mol. The van der Waals surface area contributed by atoms with Crippen molar-refractivity contribution >= 4 is 12.0 Å². The highest BCUT2D eigenvalue weighted by Gasteiger charge is 2.34. The van der Waals surface area contributed by atoms with E-state index in [1.54, 1.807) is 22.0 Å². The lowest BCUT2D eigenvalue weighted by Gasteiger charge is -2.28. The quantitative estimate of drug-likeness (QED) is 0.913. The summed E-state index contributed by atoms with van der Waals surface area (Å²) in [6.45, 7) is 6.23. The van der Waals surface area contributed by atoms with Crippen molar-refractivity contribution in [2.45, 2.75) is 51.8 Å². The molecule has 0 aromatic carbocycles. The van der Waals surface area contributed by atoms with Gasteiger partial charge >= 0.3 is 6.09 Å². The molecule has 7 heteroatoms. The Morgan fingerprint density at radius 3 is 2.81 bits per heavy atom. The van der Waals surface area contributed by atoms with Gasteiger partial charge in [-0.1, -0.05) is 0 Å². The smallest absolute Gasteiger partial charge is 0.410 e. The number of carbonyl (C=O) groups excluding carboxylic acids is 2. The van der Waals surface area contributed by atoms with E-state index in [4.69, 9.17) is 10.5 Å². The molecule has 1 aromatic rings. The van der Waals surface area contributed by atoms with Gasteiger partial charge in [-0.2, -0.15) is 0 Å². The van der Waals surface area contributed by atoms with E-state index in [0.29, 0.717) is 6.54 Å². The zero-order valence-electron chi connectivity index (χ0n) is 12.7. The number of primary amides is 1. The van der Waals surface area contributed by atoms with E-state index in [1.165, 1.54) is 0 Å². The van der Waals surface area contributed by atoms with Crippen molar-refractivity contribution in [3.8, 4) is 0 Å². The molecule has 1 aliphatic heterocycles. The highest BCUT2D eigenvalue weighted by molar-refractivity contribution is 5.73. The highest BCUT2D eigenvalue weighted by atomic mass is 16.6. The zero-order valence-corrected chi connectivity index (χ0v) is 12.7. The number of rotatable bonds is 3. The fourth-order valence-electron chi connectivity index (χ4n) is 2.52. The van der Waals surface area contributed by atoms with Crippen molar-refractivity contribution in [1.29, 1.82) is 0 Å². The topological polar surface area (TPSA) is 90.4 Å². The third kappa shape index (κ3) is 3.74. The number of likely N-dealkylation sites (tertiary alicyclic amines) is 1. The van der Waals surface area contributed by atoms with Crippen molar-refractivity contribution in [2.24, 2.45) is 5.73 Å². The molecule has 0 bridgehead atoms. The van der Waals surface area contributed by atoms with Crippen LogP contribution in [0.25, 0.3) is 0 Å². The number of hydrogen-bond donors (Lipinski definition) is 1. The maximum absolute atomic E-state index is 12.3. The minimum absolute atomic E-state index is 0.0635. The first-order chi connectivity index (χ1) is 9.78. The van der Waals surface area contributed by atoms with E-state index in [-0.39, 0.29) is 18.7 Å². The van der Waals surface area contributed by atoms with E-state index >= 15 is 0 Å². The van der Waals surface area contributed by atoms with Crippen LogP contribution >= 0.6 is 0 Å². The minimum Gasteiger partial charge on any atom is -0.444 e. The molecule has 116 valence electrons. The molecule has 1 atom stereocenters. The average molecular weight is 294 g/mol. The van der Waals surface area contributed by atoms with Crippen molar-refractivity contribution in [3.63, 3.8) is 0 Å². The van der Waals surface area contributed by atoms with Crippen LogP contribution < -0.4 is 5.73 Å². The highest BCUT2D eigenvalue weighted by Crippen LogP contribution is 2.32. The molecule has 1 fully saturated rings. The number of hydrogen-bond acceptors (Lipinski definition) is 4. The third-order valence-corrected chi connectivity index (χ3v) is 3.29. The average Bonchev–Trinajstić information content (AvgIpc) is 2.92. The van der Waals surface area contributed by atoms with E-state index in [2.05, 4.69) is 4.98 Å². The number of amides is 2. The molecule has 1 unspecified atom stereocenters. The monoisotopic (exact) mass is 294 g/mol. The van der Waals surface area contributed by atoms with Crippen molar-refractivity contribution in [1.82, 2.24) is 14.5 Å². The van der Waals surface area contributed by atoms with Gasteiger partial charge in [-0.3, -0.25) is 9.69 Å². The number of ether oxygens (including phenoxy) is 1. The normalized spacial score (nSPS) is 18.8. The summed E-state index contributed by atoms with van der Waals surface area (Å²) in [6, 6.07) is -0.123. The van der Waals surface area contributed by atoms with Gasteiger partial charge in [0.2, 0.25) is 5.91 Å². The first-order valence-corrected chi connectivity index (χ1v) is 7.06.